The van der Waals surface area contributed by atoms with Crippen molar-refractivity contribution in [3.8, 4) is 0 Å². The van der Waals surface area contributed by atoms with Gasteiger partial charge in [0.15, 0.2) is 0 Å². The first kappa shape index (κ1) is 13.5. The van der Waals surface area contributed by atoms with Crippen molar-refractivity contribution in [1.29, 1.82) is 0 Å². The van der Waals surface area contributed by atoms with Crippen molar-refractivity contribution < 1.29 is 4.74 Å². The molecule has 0 saturated carbocycles. The highest BCUT2D eigenvalue weighted by Gasteiger charge is 2.21. The number of methoxy groups -OCH3 is 1. The first-order valence-corrected chi connectivity index (χ1v) is 5.86. The van der Waals surface area contributed by atoms with Crippen LogP contribution < -0.4 is 5.32 Å². The Morgan fingerprint density at radius 2 is 1.88 bits per heavy atom. The van der Waals surface area contributed by atoms with Crippen LogP contribution in [0, 0.1) is 0 Å². The van der Waals surface area contributed by atoms with Gasteiger partial charge in [-0.1, -0.05) is 23.7 Å². The van der Waals surface area contributed by atoms with Gasteiger partial charge in [-0.25, -0.2) is 0 Å². The Kier molecular flexibility index (Phi) is 4.78. The lowest BCUT2D eigenvalue weighted by Gasteiger charge is -2.30. The molecule has 0 radical (unpaired) electrons. The van der Waals surface area contributed by atoms with Gasteiger partial charge in [0.2, 0.25) is 0 Å². The van der Waals surface area contributed by atoms with E-state index in [4.69, 9.17) is 16.3 Å². The van der Waals surface area contributed by atoms with Crippen molar-refractivity contribution >= 4 is 11.6 Å². The van der Waals surface area contributed by atoms with Gasteiger partial charge in [-0.05, 0) is 38.5 Å². The molecule has 1 N–H and O–H groups in total. The molecule has 1 unspecified atom stereocenters. The Morgan fingerprint density at radius 3 is 2.38 bits per heavy atom. The molecular formula is C13H20ClNO. The lowest BCUT2D eigenvalue weighted by Crippen LogP contribution is -2.44. The van der Waals surface area contributed by atoms with Crippen molar-refractivity contribution in [1.82, 2.24) is 5.32 Å². The van der Waals surface area contributed by atoms with Crippen molar-refractivity contribution in [3.63, 3.8) is 0 Å². The summed E-state index contributed by atoms with van der Waals surface area (Å²) in [5, 5.41) is 4.29. The van der Waals surface area contributed by atoms with Crippen LogP contribution in [0.3, 0.4) is 0 Å². The molecule has 0 amide bonds. The highest BCUT2D eigenvalue weighted by atomic mass is 35.5. The molecule has 0 aliphatic carbocycles. The second-order valence-corrected chi connectivity index (χ2v) is 5.07. The number of benzene rings is 1. The van der Waals surface area contributed by atoms with Gasteiger partial charge in [0.1, 0.15) is 0 Å². The van der Waals surface area contributed by atoms with Crippen LogP contribution in [-0.4, -0.2) is 19.8 Å². The lowest BCUT2D eigenvalue weighted by molar-refractivity contribution is 0.156. The van der Waals surface area contributed by atoms with Gasteiger partial charge in [0.25, 0.3) is 0 Å². The Labute approximate surface area is 103 Å². The molecule has 90 valence electrons. The van der Waals surface area contributed by atoms with E-state index >= 15 is 0 Å². The summed E-state index contributed by atoms with van der Waals surface area (Å²) in [5.41, 5.74) is 1.14. The topological polar surface area (TPSA) is 21.3 Å². The summed E-state index contributed by atoms with van der Waals surface area (Å²) in [4.78, 5) is 0. The normalized spacial score (nSPS) is 13.8. The van der Waals surface area contributed by atoms with E-state index in [2.05, 4.69) is 38.2 Å². The fourth-order valence-corrected chi connectivity index (χ4v) is 1.98. The smallest absolute Gasteiger partial charge is 0.0613 e. The van der Waals surface area contributed by atoms with Gasteiger partial charge in [0, 0.05) is 23.7 Å². The second-order valence-electron chi connectivity index (χ2n) is 4.63. The molecule has 0 heterocycles. The van der Waals surface area contributed by atoms with E-state index in [1.54, 1.807) is 7.11 Å². The summed E-state index contributed by atoms with van der Waals surface area (Å²) in [6.07, 6.45) is 0. The summed E-state index contributed by atoms with van der Waals surface area (Å²) < 4.78 is 5.12. The predicted molar refractivity (Wildman–Crippen MR) is 69.0 cm³/mol. The molecule has 1 aromatic carbocycles. The van der Waals surface area contributed by atoms with Crippen molar-refractivity contribution in [2.45, 2.75) is 32.4 Å². The monoisotopic (exact) mass is 241 g/mol. The third-order valence-corrected chi connectivity index (χ3v) is 2.84. The van der Waals surface area contributed by atoms with Crippen LogP contribution in [0.15, 0.2) is 24.3 Å². The molecule has 3 heteroatoms. The lowest BCUT2D eigenvalue weighted by atomic mass is 9.93. The van der Waals surface area contributed by atoms with Crippen molar-refractivity contribution in [2.75, 3.05) is 13.7 Å². The molecule has 2 nitrogen and oxygen atoms in total. The molecule has 1 atom stereocenters. The van der Waals surface area contributed by atoms with Crippen LogP contribution in [0.1, 0.15) is 26.3 Å². The molecule has 0 bridgehead atoms. The SMILES string of the molecule is COCC(C)NC(C)(C)c1ccc(Cl)cc1. The third kappa shape index (κ3) is 3.78. The molecule has 1 aromatic rings. The van der Waals surface area contributed by atoms with Gasteiger partial charge in [-0.2, -0.15) is 0 Å². The molecular weight excluding hydrogens is 222 g/mol. The van der Waals surface area contributed by atoms with E-state index in [0.29, 0.717) is 12.6 Å². The minimum Gasteiger partial charge on any atom is -0.383 e. The zero-order valence-corrected chi connectivity index (χ0v) is 11.1. The van der Waals surface area contributed by atoms with Crippen LogP contribution in [-0.2, 0) is 10.3 Å². The van der Waals surface area contributed by atoms with Crippen LogP contribution in [0.25, 0.3) is 0 Å². The molecule has 1 rings (SSSR count). The number of ether oxygens (including phenoxy) is 1. The van der Waals surface area contributed by atoms with Crippen LogP contribution in [0.5, 0.6) is 0 Å². The number of rotatable bonds is 5. The molecule has 0 saturated heterocycles. The standard InChI is InChI=1S/C13H20ClNO/c1-10(9-16-4)15-13(2,3)11-5-7-12(14)8-6-11/h5-8,10,15H,9H2,1-4H3. The van der Waals surface area contributed by atoms with Crippen LogP contribution in [0.4, 0.5) is 0 Å². The zero-order chi connectivity index (χ0) is 12.2. The van der Waals surface area contributed by atoms with Gasteiger partial charge < -0.3 is 10.1 Å². The van der Waals surface area contributed by atoms with Crippen molar-refractivity contribution in [2.24, 2.45) is 0 Å². The zero-order valence-electron chi connectivity index (χ0n) is 10.4. The van der Waals surface area contributed by atoms with Gasteiger partial charge in [-0.3, -0.25) is 0 Å². The summed E-state index contributed by atoms with van der Waals surface area (Å²) in [6, 6.07) is 8.25. The molecule has 0 fully saturated rings. The number of hydrogen-bond acceptors (Lipinski definition) is 2. The summed E-state index contributed by atoms with van der Waals surface area (Å²) in [5.74, 6) is 0. The van der Waals surface area contributed by atoms with Crippen molar-refractivity contribution in [3.05, 3.63) is 34.9 Å². The molecule has 0 aliphatic rings. The number of hydrogen-bond donors (Lipinski definition) is 1. The Balaban J connectivity index is 2.72. The summed E-state index contributed by atoms with van der Waals surface area (Å²) in [6.45, 7) is 7.13. The van der Waals surface area contributed by atoms with E-state index in [9.17, 15) is 0 Å². The highest BCUT2D eigenvalue weighted by molar-refractivity contribution is 6.30. The van der Waals surface area contributed by atoms with Gasteiger partial charge in [0.05, 0.1) is 6.61 Å². The average molecular weight is 242 g/mol. The fourth-order valence-electron chi connectivity index (χ4n) is 1.86. The fraction of sp³-hybridized carbons (Fsp3) is 0.538. The second kappa shape index (κ2) is 5.67. The number of halogens is 1. The summed E-state index contributed by atoms with van der Waals surface area (Å²) in [7, 11) is 1.72. The van der Waals surface area contributed by atoms with Crippen LogP contribution in [0.2, 0.25) is 5.02 Å². The highest BCUT2D eigenvalue weighted by Crippen LogP contribution is 2.22. The minimum absolute atomic E-state index is 0.0808. The molecule has 16 heavy (non-hydrogen) atoms. The molecule has 0 aromatic heterocycles. The maximum absolute atomic E-state index is 5.88. The first-order valence-electron chi connectivity index (χ1n) is 5.48. The third-order valence-electron chi connectivity index (χ3n) is 2.59. The minimum atomic E-state index is -0.0808. The van der Waals surface area contributed by atoms with E-state index < -0.39 is 0 Å². The maximum atomic E-state index is 5.88. The Morgan fingerprint density at radius 1 is 1.31 bits per heavy atom. The summed E-state index contributed by atoms with van der Waals surface area (Å²) >= 11 is 5.88. The Bertz CT molecular complexity index is 321. The molecule has 0 aliphatic heterocycles. The van der Waals surface area contributed by atoms with Gasteiger partial charge >= 0.3 is 0 Å². The first-order chi connectivity index (χ1) is 7.45. The molecule has 0 spiro atoms. The maximum Gasteiger partial charge on any atom is 0.0613 e. The van der Waals surface area contributed by atoms with E-state index in [0.717, 1.165) is 5.02 Å². The largest absolute Gasteiger partial charge is 0.383 e. The predicted octanol–water partition coefficient (Wildman–Crippen LogP) is 3.20. The van der Waals surface area contributed by atoms with Gasteiger partial charge in [-0.15, -0.1) is 0 Å². The number of nitrogens with one attached hydrogen (secondary N) is 1. The van der Waals surface area contributed by atoms with E-state index in [1.807, 2.05) is 12.1 Å². The Hall–Kier alpha value is -0.570. The van der Waals surface area contributed by atoms with E-state index in [1.165, 1.54) is 5.56 Å². The van der Waals surface area contributed by atoms with E-state index in [-0.39, 0.29) is 5.54 Å². The quantitative estimate of drug-likeness (QED) is 0.855. The average Bonchev–Trinajstić information content (AvgIpc) is 2.17. The van der Waals surface area contributed by atoms with Crippen LogP contribution >= 0.6 is 11.6 Å².